The number of carbonyl (C=O) groups is 2. The molecule has 6 nitrogen and oxygen atoms in total. The van der Waals surface area contributed by atoms with Crippen LogP contribution in [0.15, 0.2) is 12.2 Å². The van der Waals surface area contributed by atoms with Gasteiger partial charge in [0.05, 0.1) is 25.4 Å². The van der Waals surface area contributed by atoms with Crippen molar-refractivity contribution >= 4 is 11.9 Å². The van der Waals surface area contributed by atoms with Gasteiger partial charge in [0.25, 0.3) is 0 Å². The molecule has 2 unspecified atom stereocenters. The van der Waals surface area contributed by atoms with Gasteiger partial charge in [-0.1, -0.05) is 328 Å². The molecular formula is C67H131NO5. The summed E-state index contributed by atoms with van der Waals surface area (Å²) in [6.07, 6.45) is 76.8. The van der Waals surface area contributed by atoms with E-state index in [-0.39, 0.29) is 18.5 Å². The fraction of sp³-hybridized carbons (Fsp3) is 0.940. The summed E-state index contributed by atoms with van der Waals surface area (Å²) in [6, 6.07) is -0.537. The Morgan fingerprint density at radius 2 is 0.644 bits per heavy atom. The van der Waals surface area contributed by atoms with Crippen molar-refractivity contribution in [3.05, 3.63) is 12.2 Å². The molecule has 0 aliphatic carbocycles. The summed E-state index contributed by atoms with van der Waals surface area (Å²) < 4.78 is 5.48. The second-order valence-corrected chi connectivity index (χ2v) is 23.2. The number of rotatable bonds is 63. The van der Waals surface area contributed by atoms with Gasteiger partial charge in [-0.3, -0.25) is 9.59 Å². The van der Waals surface area contributed by atoms with Gasteiger partial charge < -0.3 is 20.3 Å². The van der Waals surface area contributed by atoms with Gasteiger partial charge in [0.1, 0.15) is 0 Å². The van der Waals surface area contributed by atoms with E-state index in [2.05, 4.69) is 31.3 Å². The van der Waals surface area contributed by atoms with Gasteiger partial charge in [-0.15, -0.1) is 0 Å². The van der Waals surface area contributed by atoms with Crippen LogP contribution in [0.1, 0.15) is 380 Å². The Hall–Kier alpha value is -1.40. The van der Waals surface area contributed by atoms with Crippen LogP contribution in [0.5, 0.6) is 0 Å². The summed E-state index contributed by atoms with van der Waals surface area (Å²) in [6.45, 7) is 4.97. The highest BCUT2D eigenvalue weighted by molar-refractivity contribution is 5.76. The lowest BCUT2D eigenvalue weighted by Crippen LogP contribution is -2.45. The number of carbonyl (C=O) groups excluding carboxylic acids is 2. The average Bonchev–Trinajstić information content (AvgIpc) is 3.39. The van der Waals surface area contributed by atoms with E-state index in [9.17, 15) is 19.8 Å². The summed E-state index contributed by atoms with van der Waals surface area (Å²) in [4.78, 5) is 24.5. The van der Waals surface area contributed by atoms with Gasteiger partial charge in [0, 0.05) is 12.8 Å². The monoisotopic (exact) mass is 1030 g/mol. The van der Waals surface area contributed by atoms with Crippen LogP contribution in [-0.2, 0) is 14.3 Å². The van der Waals surface area contributed by atoms with Gasteiger partial charge in [-0.05, 0) is 51.4 Å². The highest BCUT2D eigenvalue weighted by Gasteiger charge is 2.20. The van der Waals surface area contributed by atoms with Crippen LogP contribution in [0.2, 0.25) is 0 Å². The Morgan fingerprint density at radius 3 is 0.986 bits per heavy atom. The number of amides is 1. The fourth-order valence-electron chi connectivity index (χ4n) is 10.7. The van der Waals surface area contributed by atoms with Crippen molar-refractivity contribution in [2.45, 2.75) is 392 Å². The highest BCUT2D eigenvalue weighted by atomic mass is 16.5. The molecular weight excluding hydrogens is 899 g/mol. The van der Waals surface area contributed by atoms with Gasteiger partial charge >= 0.3 is 5.97 Å². The van der Waals surface area contributed by atoms with Crippen LogP contribution in [0.25, 0.3) is 0 Å². The molecule has 73 heavy (non-hydrogen) atoms. The molecule has 0 fully saturated rings. The molecule has 0 rings (SSSR count). The number of aliphatic hydroxyl groups excluding tert-OH is 2. The number of unbranched alkanes of at least 4 members (excludes halogenated alkanes) is 50. The first-order valence-corrected chi connectivity index (χ1v) is 33.4. The quantitative estimate of drug-likeness (QED) is 0.0320. The summed E-state index contributed by atoms with van der Waals surface area (Å²) in [7, 11) is 0. The normalized spacial score (nSPS) is 12.5. The standard InChI is InChI=1S/C67H131NO5/c1-3-5-7-9-11-13-15-17-36-39-43-47-51-55-59-65(70)64(63-69)68-66(71)60-56-52-48-44-40-37-33-31-29-27-25-23-21-19-18-20-22-24-26-28-30-32-34-38-42-46-50-54-58-62-73-67(72)61-57-53-49-45-41-35-16-14-12-10-8-6-4-2/h14,16,64-65,69-70H,3-13,15,17-63H2,1-2H3,(H,68,71)/b16-14-. The van der Waals surface area contributed by atoms with Crippen LogP contribution in [-0.4, -0.2) is 47.4 Å². The van der Waals surface area contributed by atoms with E-state index in [0.29, 0.717) is 25.9 Å². The van der Waals surface area contributed by atoms with Crippen molar-refractivity contribution in [2.75, 3.05) is 13.2 Å². The average molecular weight is 1030 g/mol. The zero-order valence-electron chi connectivity index (χ0n) is 49.6. The molecule has 0 radical (unpaired) electrons. The second kappa shape index (κ2) is 63.1. The van der Waals surface area contributed by atoms with E-state index >= 15 is 0 Å². The summed E-state index contributed by atoms with van der Waals surface area (Å²) >= 11 is 0. The lowest BCUT2D eigenvalue weighted by molar-refractivity contribution is -0.143. The molecule has 0 aliphatic heterocycles. The van der Waals surface area contributed by atoms with Crippen LogP contribution < -0.4 is 5.32 Å². The third-order valence-electron chi connectivity index (χ3n) is 15.8. The first kappa shape index (κ1) is 71.6. The maximum atomic E-state index is 12.5. The predicted molar refractivity (Wildman–Crippen MR) is 320 cm³/mol. The Labute approximate surface area is 457 Å². The number of hydrogen-bond acceptors (Lipinski definition) is 5. The number of nitrogens with one attached hydrogen (secondary N) is 1. The van der Waals surface area contributed by atoms with E-state index < -0.39 is 12.1 Å². The third-order valence-corrected chi connectivity index (χ3v) is 15.8. The van der Waals surface area contributed by atoms with Crippen molar-refractivity contribution < 1.29 is 24.5 Å². The molecule has 0 aromatic heterocycles. The van der Waals surface area contributed by atoms with Crippen LogP contribution in [0, 0.1) is 0 Å². The molecule has 0 bridgehead atoms. The zero-order valence-corrected chi connectivity index (χ0v) is 49.6. The maximum absolute atomic E-state index is 12.5. The van der Waals surface area contributed by atoms with Gasteiger partial charge in [-0.2, -0.15) is 0 Å². The predicted octanol–water partition coefficient (Wildman–Crippen LogP) is 21.2. The largest absolute Gasteiger partial charge is 0.466 e. The van der Waals surface area contributed by atoms with Crippen LogP contribution in [0.3, 0.4) is 0 Å². The second-order valence-electron chi connectivity index (χ2n) is 23.2. The number of hydrogen-bond donors (Lipinski definition) is 3. The van der Waals surface area contributed by atoms with Gasteiger partial charge in [-0.25, -0.2) is 0 Å². The van der Waals surface area contributed by atoms with E-state index in [0.717, 1.165) is 44.9 Å². The minimum Gasteiger partial charge on any atom is -0.466 e. The highest BCUT2D eigenvalue weighted by Crippen LogP contribution is 2.19. The smallest absolute Gasteiger partial charge is 0.305 e. The summed E-state index contributed by atoms with van der Waals surface area (Å²) in [5.41, 5.74) is 0. The minimum atomic E-state index is -0.660. The molecule has 2 atom stereocenters. The molecule has 0 aromatic rings. The van der Waals surface area contributed by atoms with E-state index in [1.54, 1.807) is 0 Å². The van der Waals surface area contributed by atoms with E-state index in [1.165, 1.54) is 302 Å². The molecule has 0 saturated heterocycles. The molecule has 434 valence electrons. The number of ether oxygens (including phenoxy) is 1. The molecule has 0 aliphatic rings. The maximum Gasteiger partial charge on any atom is 0.305 e. The third kappa shape index (κ3) is 59.7. The number of esters is 1. The first-order valence-electron chi connectivity index (χ1n) is 33.4. The Balaban J connectivity index is 3.32. The first-order chi connectivity index (χ1) is 36.0. The lowest BCUT2D eigenvalue weighted by atomic mass is 10.0. The Morgan fingerprint density at radius 1 is 0.370 bits per heavy atom. The molecule has 1 amide bonds. The van der Waals surface area contributed by atoms with Crippen molar-refractivity contribution in [1.29, 1.82) is 0 Å². The van der Waals surface area contributed by atoms with Crippen molar-refractivity contribution in [2.24, 2.45) is 0 Å². The molecule has 0 spiro atoms. The number of aliphatic hydroxyl groups is 2. The minimum absolute atomic E-state index is 0.0109. The number of allylic oxidation sites excluding steroid dienone is 2. The van der Waals surface area contributed by atoms with Crippen LogP contribution in [0.4, 0.5) is 0 Å². The Bertz CT molecular complexity index is 1100. The van der Waals surface area contributed by atoms with Crippen molar-refractivity contribution in [1.82, 2.24) is 5.32 Å². The van der Waals surface area contributed by atoms with Crippen molar-refractivity contribution in [3.63, 3.8) is 0 Å². The lowest BCUT2D eigenvalue weighted by Gasteiger charge is -2.22. The molecule has 6 heteroatoms. The van der Waals surface area contributed by atoms with Gasteiger partial charge in [0.2, 0.25) is 5.91 Å². The topological polar surface area (TPSA) is 95.9 Å². The zero-order chi connectivity index (χ0) is 52.9. The molecule has 0 aromatic carbocycles. The molecule has 0 heterocycles. The van der Waals surface area contributed by atoms with Crippen molar-refractivity contribution in [3.8, 4) is 0 Å². The van der Waals surface area contributed by atoms with Crippen LogP contribution >= 0.6 is 0 Å². The fourth-order valence-corrected chi connectivity index (χ4v) is 10.7. The van der Waals surface area contributed by atoms with Gasteiger partial charge in [0.15, 0.2) is 0 Å². The van der Waals surface area contributed by atoms with E-state index in [1.807, 2.05) is 0 Å². The molecule has 0 saturated carbocycles. The summed E-state index contributed by atoms with van der Waals surface area (Å²) in [5.74, 6) is -0.0180. The molecule has 3 N–H and O–H groups in total. The Kier molecular flexibility index (Phi) is 61.9. The van der Waals surface area contributed by atoms with E-state index in [4.69, 9.17) is 4.74 Å². The SMILES string of the molecule is CCCCCC/C=C\CCCCCCCC(=O)OCCCCCCCCCCCCCCCCCCCCCCCCCCCCCCCC(=O)NC(CO)C(O)CCCCCCCCCCCCCCCC. The summed E-state index contributed by atoms with van der Waals surface area (Å²) in [5, 5.41) is 23.3.